The van der Waals surface area contributed by atoms with Gasteiger partial charge < -0.3 is 4.90 Å². The average Bonchev–Trinajstić information content (AvgIpc) is 2.71. The molecule has 1 aromatic rings. The second-order valence-electron chi connectivity index (χ2n) is 5.85. The van der Waals surface area contributed by atoms with Gasteiger partial charge >= 0.3 is 0 Å². The standard InChI is InChI=1S/C16H18N2O3/c1-17-14-6-5-12(18(20)21)11-13(14)16(15(17)7-10-19)8-3-2-4-9-16/h5-7,10-11H,2-4,8-9H2,1H3. The third-order valence-electron chi connectivity index (χ3n) is 4.85. The van der Waals surface area contributed by atoms with Gasteiger partial charge in [-0.05, 0) is 30.5 Å². The molecule has 0 N–H and O–H groups in total. The number of carbonyl (C=O) groups is 1. The molecule has 0 unspecified atom stereocenters. The molecule has 5 heteroatoms. The van der Waals surface area contributed by atoms with Crippen molar-refractivity contribution in [3.63, 3.8) is 0 Å². The topological polar surface area (TPSA) is 63.5 Å². The van der Waals surface area contributed by atoms with Crippen LogP contribution in [0.3, 0.4) is 0 Å². The smallest absolute Gasteiger partial charge is 0.269 e. The molecule has 1 fully saturated rings. The number of benzene rings is 1. The highest BCUT2D eigenvalue weighted by molar-refractivity contribution is 5.78. The minimum Gasteiger partial charge on any atom is -0.347 e. The van der Waals surface area contributed by atoms with E-state index in [-0.39, 0.29) is 16.0 Å². The third-order valence-corrected chi connectivity index (χ3v) is 4.85. The van der Waals surface area contributed by atoms with E-state index < -0.39 is 0 Å². The Bertz CT molecular complexity index is 630. The van der Waals surface area contributed by atoms with Gasteiger partial charge in [0, 0.05) is 36.0 Å². The van der Waals surface area contributed by atoms with Crippen molar-refractivity contribution < 1.29 is 9.72 Å². The molecular formula is C16H18N2O3. The van der Waals surface area contributed by atoms with Crippen molar-refractivity contribution in [1.82, 2.24) is 0 Å². The van der Waals surface area contributed by atoms with Gasteiger partial charge in [-0.15, -0.1) is 0 Å². The minimum atomic E-state index is -0.349. The Morgan fingerprint density at radius 3 is 2.62 bits per heavy atom. The molecule has 3 rings (SSSR count). The van der Waals surface area contributed by atoms with Gasteiger partial charge in [-0.3, -0.25) is 14.9 Å². The summed E-state index contributed by atoms with van der Waals surface area (Å²) in [6, 6.07) is 5.04. The number of rotatable bonds is 2. The first-order chi connectivity index (χ1) is 10.1. The zero-order chi connectivity index (χ0) is 15.0. The first-order valence-electron chi connectivity index (χ1n) is 7.29. The SMILES string of the molecule is CN1C(=CC=O)C2(CCCCC2)c2cc([N+](=O)[O-])ccc21. The molecule has 1 spiro atoms. The number of nitro groups is 1. The van der Waals surface area contributed by atoms with Gasteiger partial charge in [-0.1, -0.05) is 19.3 Å². The first kappa shape index (κ1) is 13.8. The highest BCUT2D eigenvalue weighted by atomic mass is 16.6. The number of carbonyl (C=O) groups excluding carboxylic acids is 1. The van der Waals surface area contributed by atoms with Crippen LogP contribution >= 0.6 is 0 Å². The number of fused-ring (bicyclic) bond motifs is 2. The molecule has 0 bridgehead atoms. The summed E-state index contributed by atoms with van der Waals surface area (Å²) < 4.78 is 0. The van der Waals surface area contributed by atoms with E-state index in [0.29, 0.717) is 0 Å². The van der Waals surface area contributed by atoms with Crippen molar-refractivity contribution in [2.24, 2.45) is 0 Å². The quantitative estimate of drug-likeness (QED) is 0.362. The van der Waals surface area contributed by atoms with Crippen molar-refractivity contribution in [2.45, 2.75) is 37.5 Å². The second kappa shape index (κ2) is 4.98. The van der Waals surface area contributed by atoms with Crippen molar-refractivity contribution in [2.75, 3.05) is 11.9 Å². The lowest BCUT2D eigenvalue weighted by atomic mass is 9.68. The molecule has 110 valence electrons. The number of hydrogen-bond acceptors (Lipinski definition) is 4. The Hall–Kier alpha value is -2.17. The Morgan fingerprint density at radius 1 is 1.29 bits per heavy atom. The largest absolute Gasteiger partial charge is 0.347 e. The van der Waals surface area contributed by atoms with Gasteiger partial charge in [-0.25, -0.2) is 0 Å². The molecule has 0 atom stereocenters. The van der Waals surface area contributed by atoms with Crippen molar-refractivity contribution in [1.29, 1.82) is 0 Å². The number of allylic oxidation sites excluding steroid dienone is 2. The Kier molecular flexibility index (Phi) is 3.27. The van der Waals surface area contributed by atoms with Gasteiger partial charge in [0.2, 0.25) is 0 Å². The van der Waals surface area contributed by atoms with Crippen LogP contribution in [0, 0.1) is 10.1 Å². The average molecular weight is 286 g/mol. The molecule has 1 aliphatic heterocycles. The number of non-ortho nitro benzene ring substituents is 1. The summed E-state index contributed by atoms with van der Waals surface area (Å²) in [4.78, 5) is 23.8. The predicted molar refractivity (Wildman–Crippen MR) is 80.4 cm³/mol. The molecule has 0 radical (unpaired) electrons. The molecule has 5 nitrogen and oxygen atoms in total. The molecule has 1 aromatic carbocycles. The summed E-state index contributed by atoms with van der Waals surface area (Å²) in [5, 5.41) is 11.1. The fourth-order valence-electron chi connectivity index (χ4n) is 3.92. The van der Waals surface area contributed by atoms with E-state index in [1.54, 1.807) is 18.2 Å². The van der Waals surface area contributed by atoms with Crippen LogP contribution in [0.15, 0.2) is 30.0 Å². The van der Waals surface area contributed by atoms with Gasteiger partial charge in [0.1, 0.15) is 6.29 Å². The van der Waals surface area contributed by atoms with Crippen molar-refractivity contribution >= 4 is 17.7 Å². The molecule has 21 heavy (non-hydrogen) atoms. The maximum atomic E-state index is 11.1. The molecule has 2 aliphatic rings. The van der Waals surface area contributed by atoms with Gasteiger partial charge in [0.15, 0.2) is 0 Å². The zero-order valence-electron chi connectivity index (χ0n) is 12.0. The van der Waals surface area contributed by atoms with Gasteiger partial charge in [0.25, 0.3) is 5.69 Å². The van der Waals surface area contributed by atoms with Crippen LogP contribution < -0.4 is 4.90 Å². The highest BCUT2D eigenvalue weighted by Crippen LogP contribution is 2.55. The first-order valence-corrected chi connectivity index (χ1v) is 7.29. The summed E-state index contributed by atoms with van der Waals surface area (Å²) in [7, 11) is 1.93. The lowest BCUT2D eigenvalue weighted by Crippen LogP contribution is -2.32. The van der Waals surface area contributed by atoms with Crippen molar-refractivity contribution in [3.8, 4) is 0 Å². The molecular weight excluding hydrogens is 268 g/mol. The zero-order valence-corrected chi connectivity index (χ0v) is 12.0. The van der Waals surface area contributed by atoms with Gasteiger partial charge in [0.05, 0.1) is 4.92 Å². The summed E-state index contributed by atoms with van der Waals surface area (Å²) >= 11 is 0. The summed E-state index contributed by atoms with van der Waals surface area (Å²) in [5.74, 6) is 0. The number of hydrogen-bond donors (Lipinski definition) is 0. The van der Waals surface area contributed by atoms with Crippen LogP contribution in [0.1, 0.15) is 37.7 Å². The van der Waals surface area contributed by atoms with E-state index in [2.05, 4.69) is 0 Å². The minimum absolute atomic E-state index is 0.124. The fraction of sp³-hybridized carbons (Fsp3) is 0.438. The van der Waals surface area contributed by atoms with Crippen LogP contribution in [0.2, 0.25) is 0 Å². The van der Waals surface area contributed by atoms with Gasteiger partial charge in [-0.2, -0.15) is 0 Å². The van der Waals surface area contributed by atoms with E-state index in [9.17, 15) is 14.9 Å². The van der Waals surface area contributed by atoms with Crippen LogP contribution in [0.4, 0.5) is 11.4 Å². The van der Waals surface area contributed by atoms with E-state index in [0.717, 1.165) is 48.9 Å². The molecule has 0 saturated heterocycles. The van der Waals surface area contributed by atoms with E-state index in [4.69, 9.17) is 0 Å². The number of aldehydes is 1. The second-order valence-corrected chi connectivity index (χ2v) is 5.85. The third kappa shape index (κ3) is 1.95. The number of anilines is 1. The van der Waals surface area contributed by atoms with Crippen LogP contribution in [0.5, 0.6) is 0 Å². The monoisotopic (exact) mass is 286 g/mol. The maximum Gasteiger partial charge on any atom is 0.269 e. The van der Waals surface area contributed by atoms with Crippen molar-refractivity contribution in [3.05, 3.63) is 45.6 Å². The Balaban J connectivity index is 2.21. The normalized spacial score (nSPS) is 21.6. The molecule has 0 amide bonds. The lowest BCUT2D eigenvalue weighted by Gasteiger charge is -2.36. The summed E-state index contributed by atoms with van der Waals surface area (Å²) in [5.41, 5.74) is 2.87. The van der Waals surface area contributed by atoms with E-state index in [1.165, 1.54) is 12.5 Å². The molecule has 1 saturated carbocycles. The highest BCUT2D eigenvalue weighted by Gasteiger charge is 2.46. The number of nitrogens with zero attached hydrogens (tertiary/aromatic N) is 2. The maximum absolute atomic E-state index is 11.1. The predicted octanol–water partition coefficient (Wildman–Crippen LogP) is 3.33. The summed E-state index contributed by atoms with van der Waals surface area (Å²) in [6.45, 7) is 0. The lowest BCUT2D eigenvalue weighted by molar-refractivity contribution is -0.384. The summed E-state index contributed by atoms with van der Waals surface area (Å²) in [6.07, 6.45) is 7.71. The van der Waals surface area contributed by atoms with E-state index in [1.807, 2.05) is 11.9 Å². The van der Waals surface area contributed by atoms with Crippen LogP contribution in [-0.2, 0) is 10.2 Å². The molecule has 1 aliphatic carbocycles. The molecule has 1 heterocycles. The number of likely N-dealkylation sites (N-methyl/N-ethyl adjacent to an activating group) is 1. The Labute approximate surface area is 123 Å². The van der Waals surface area contributed by atoms with Crippen LogP contribution in [0.25, 0.3) is 0 Å². The fourth-order valence-corrected chi connectivity index (χ4v) is 3.92. The Morgan fingerprint density at radius 2 is 2.00 bits per heavy atom. The molecule has 0 aromatic heterocycles. The number of nitro benzene ring substituents is 1. The van der Waals surface area contributed by atoms with E-state index >= 15 is 0 Å². The van der Waals surface area contributed by atoms with Crippen LogP contribution in [-0.4, -0.2) is 18.3 Å².